The molecule has 244 valence electrons. The van der Waals surface area contributed by atoms with Crippen molar-refractivity contribution in [1.29, 1.82) is 0 Å². The van der Waals surface area contributed by atoms with Crippen LogP contribution in [0.4, 0.5) is 20.4 Å². The molecule has 0 saturated carbocycles. The lowest BCUT2D eigenvalue weighted by molar-refractivity contribution is -0.131. The first-order chi connectivity index (χ1) is 23.3. The Morgan fingerprint density at radius 3 is 2.77 bits per heavy atom. The molecule has 6 aromatic rings. The summed E-state index contributed by atoms with van der Waals surface area (Å²) in [7, 11) is 5.40. The number of rotatable bonds is 3. The molecular weight excluding hydrogens is 618 g/mol. The molecule has 48 heavy (non-hydrogen) atoms. The molecule has 1 saturated heterocycles. The first-order valence-electron chi connectivity index (χ1n) is 15.7. The van der Waals surface area contributed by atoms with Crippen molar-refractivity contribution in [1.82, 2.24) is 39.4 Å². The fraction of sp³-hybridized carbons (Fsp3) is 0.294. The molecule has 0 radical (unpaired) electrons. The van der Waals surface area contributed by atoms with Crippen LogP contribution >= 0.6 is 0 Å². The normalized spacial score (nSPS) is 18.2. The lowest BCUT2D eigenvalue weighted by atomic mass is 10.0. The number of fused-ring (bicyclic) bond motifs is 6. The Morgan fingerprint density at radius 1 is 1.06 bits per heavy atom. The van der Waals surface area contributed by atoms with Crippen molar-refractivity contribution in [3.05, 3.63) is 78.4 Å². The zero-order valence-electron chi connectivity index (χ0n) is 26.6. The van der Waals surface area contributed by atoms with Crippen LogP contribution in [0.2, 0.25) is 0 Å². The Balaban J connectivity index is 1.22. The topological polar surface area (TPSA) is 119 Å². The van der Waals surface area contributed by atoms with Crippen molar-refractivity contribution < 1.29 is 18.3 Å². The first-order valence-corrected chi connectivity index (χ1v) is 15.7. The summed E-state index contributed by atoms with van der Waals surface area (Å²) in [6, 6.07) is 12.3. The lowest BCUT2D eigenvalue weighted by Gasteiger charge is -2.29. The number of anilines is 2. The first kappa shape index (κ1) is 29.7. The maximum Gasteiger partial charge on any atom is 0.245 e. The molecule has 8 rings (SSSR count). The quantitative estimate of drug-likeness (QED) is 0.295. The average Bonchev–Trinajstić information content (AvgIpc) is 3.79. The summed E-state index contributed by atoms with van der Waals surface area (Å²) >= 11 is 0. The Hall–Kier alpha value is -5.66. The summed E-state index contributed by atoms with van der Waals surface area (Å²) in [5.74, 6) is 0.248. The monoisotopic (exact) mass is 650 g/mol. The number of halogens is 2. The van der Waals surface area contributed by atoms with Gasteiger partial charge in [0.1, 0.15) is 41.3 Å². The molecule has 0 spiro atoms. The van der Waals surface area contributed by atoms with Crippen molar-refractivity contribution in [3.8, 4) is 22.7 Å². The van der Waals surface area contributed by atoms with Gasteiger partial charge in [-0.2, -0.15) is 10.2 Å². The van der Waals surface area contributed by atoms with Gasteiger partial charge in [-0.1, -0.05) is 12.1 Å². The van der Waals surface area contributed by atoms with E-state index >= 15 is 0 Å². The van der Waals surface area contributed by atoms with Gasteiger partial charge in [0.25, 0.3) is 0 Å². The SMILES string of the molecule is COc1cc2nc(c1)-c1cccc3nn(C)c(c13)CCCN(C)C(=O)[C@@H]1C[C@@H](CN1c1ncnc3c1cnn3-c1ccc(F)cc1F)N2. The van der Waals surface area contributed by atoms with Crippen LogP contribution in [-0.2, 0) is 18.3 Å². The maximum atomic E-state index is 14.8. The van der Waals surface area contributed by atoms with E-state index < -0.39 is 17.7 Å². The predicted molar refractivity (Wildman–Crippen MR) is 176 cm³/mol. The Morgan fingerprint density at radius 2 is 1.94 bits per heavy atom. The second-order valence-electron chi connectivity index (χ2n) is 12.2. The van der Waals surface area contributed by atoms with Gasteiger partial charge in [0.2, 0.25) is 5.91 Å². The number of aryl methyl sites for hydroxylation is 2. The number of pyridine rings is 1. The predicted octanol–water partition coefficient (Wildman–Crippen LogP) is 4.52. The third kappa shape index (κ3) is 4.95. The second-order valence-corrected chi connectivity index (χ2v) is 12.2. The molecule has 1 amide bonds. The van der Waals surface area contributed by atoms with Crippen molar-refractivity contribution in [2.45, 2.75) is 31.3 Å². The van der Waals surface area contributed by atoms with Gasteiger partial charge in [-0.3, -0.25) is 9.48 Å². The number of amides is 1. The minimum absolute atomic E-state index is 0.0484. The number of aromatic nitrogens is 7. The van der Waals surface area contributed by atoms with Crippen molar-refractivity contribution in [3.63, 3.8) is 0 Å². The van der Waals surface area contributed by atoms with E-state index in [0.717, 1.165) is 40.3 Å². The Labute approximate surface area is 274 Å². The molecule has 1 N–H and O–H groups in total. The largest absolute Gasteiger partial charge is 0.497 e. The second kappa shape index (κ2) is 11.5. The lowest BCUT2D eigenvalue weighted by Crippen LogP contribution is -2.45. The Bertz CT molecular complexity index is 2220. The maximum absolute atomic E-state index is 14.8. The summed E-state index contributed by atoms with van der Waals surface area (Å²) in [6.07, 6.45) is 4.83. The third-order valence-corrected chi connectivity index (χ3v) is 9.27. The molecule has 2 aliphatic rings. The fourth-order valence-corrected chi connectivity index (χ4v) is 7.00. The van der Waals surface area contributed by atoms with Crippen molar-refractivity contribution >= 4 is 39.5 Å². The van der Waals surface area contributed by atoms with Gasteiger partial charge >= 0.3 is 0 Å². The number of ether oxygens (including phenoxy) is 1. The minimum Gasteiger partial charge on any atom is -0.497 e. The van der Waals surface area contributed by atoms with Gasteiger partial charge in [-0.15, -0.1) is 0 Å². The number of nitrogens with zero attached hydrogens (tertiary/aromatic N) is 9. The van der Waals surface area contributed by atoms with Crippen molar-refractivity contribution in [2.24, 2.45) is 7.05 Å². The average molecular weight is 651 g/mol. The van der Waals surface area contributed by atoms with Gasteiger partial charge in [0.05, 0.1) is 29.9 Å². The number of hydrogen-bond donors (Lipinski definition) is 1. The standard InChI is InChI=1S/C34H32F2N10O2/c1-43-11-5-8-28-31-22(6-4-7-25(31)42-44(28)2)26-14-21(48-3)15-30(41-26)40-20-13-29(34(43)47)45(17-20)32-23-16-39-46(33(23)38-18-37-32)27-10-9-19(35)12-24(27)36/h4,6-7,9-10,12,14-16,18,20,29H,5,8,11,13,17H2,1-3H3,(H,40,41)/t20-,29-/m0/s1. The molecule has 1 fully saturated rings. The molecule has 2 atom stereocenters. The fourth-order valence-electron chi connectivity index (χ4n) is 7.00. The molecule has 0 aliphatic carbocycles. The molecule has 12 nitrogen and oxygen atoms in total. The molecule has 4 bridgehead atoms. The van der Waals surface area contributed by atoms with Crippen LogP contribution in [0.5, 0.6) is 5.75 Å². The van der Waals surface area contributed by atoms with Gasteiger partial charge in [0, 0.05) is 68.1 Å². The number of benzene rings is 2. The van der Waals surface area contributed by atoms with E-state index in [1.807, 2.05) is 47.9 Å². The molecule has 2 aliphatic heterocycles. The van der Waals surface area contributed by atoms with E-state index in [0.29, 0.717) is 54.3 Å². The van der Waals surface area contributed by atoms with E-state index in [4.69, 9.17) is 14.8 Å². The highest BCUT2D eigenvalue weighted by Gasteiger charge is 2.40. The van der Waals surface area contributed by atoms with Gasteiger partial charge in [-0.25, -0.2) is 28.4 Å². The smallest absolute Gasteiger partial charge is 0.245 e. The van der Waals surface area contributed by atoms with Crippen LogP contribution in [-0.4, -0.2) is 84.7 Å². The van der Waals surface area contributed by atoms with Crippen LogP contribution in [0.25, 0.3) is 38.9 Å². The van der Waals surface area contributed by atoms with E-state index in [9.17, 15) is 13.6 Å². The number of carbonyl (C=O) groups is 1. The molecule has 14 heteroatoms. The van der Waals surface area contributed by atoms with E-state index in [1.165, 1.54) is 23.1 Å². The third-order valence-electron chi connectivity index (χ3n) is 9.27. The molecule has 2 aromatic carbocycles. The molecule has 4 aromatic heterocycles. The van der Waals surface area contributed by atoms with E-state index in [1.54, 1.807) is 18.2 Å². The van der Waals surface area contributed by atoms with E-state index in [2.05, 4.69) is 26.4 Å². The molecule has 6 heterocycles. The van der Waals surface area contributed by atoms with Crippen LogP contribution < -0.4 is 15.0 Å². The van der Waals surface area contributed by atoms with Crippen LogP contribution in [0.1, 0.15) is 18.5 Å². The van der Waals surface area contributed by atoms with Gasteiger partial charge in [0.15, 0.2) is 11.5 Å². The number of hydrogen-bond acceptors (Lipinski definition) is 9. The van der Waals surface area contributed by atoms with Gasteiger partial charge < -0.3 is 19.9 Å². The Kier molecular flexibility index (Phi) is 7.15. The summed E-state index contributed by atoms with van der Waals surface area (Å²) in [6.45, 7) is 0.958. The number of carbonyl (C=O) groups excluding carboxylic acids is 1. The summed E-state index contributed by atoms with van der Waals surface area (Å²) in [5.41, 5.74) is 4.05. The highest BCUT2D eigenvalue weighted by Crippen LogP contribution is 2.36. The minimum atomic E-state index is -0.770. The number of nitrogens with one attached hydrogen (secondary N) is 1. The summed E-state index contributed by atoms with van der Waals surface area (Å²) < 4.78 is 37.4. The van der Waals surface area contributed by atoms with E-state index in [-0.39, 0.29) is 17.6 Å². The summed E-state index contributed by atoms with van der Waals surface area (Å²) in [5, 5.41) is 14.3. The number of likely N-dealkylation sites (N-methyl/N-ethyl adjacent to an activating group) is 1. The zero-order valence-corrected chi connectivity index (χ0v) is 26.6. The highest BCUT2D eigenvalue weighted by atomic mass is 19.1. The molecule has 0 unspecified atom stereocenters. The van der Waals surface area contributed by atoms with Crippen LogP contribution in [0.3, 0.4) is 0 Å². The van der Waals surface area contributed by atoms with Crippen LogP contribution in [0, 0.1) is 11.6 Å². The van der Waals surface area contributed by atoms with Gasteiger partial charge in [-0.05, 0) is 37.5 Å². The van der Waals surface area contributed by atoms with Crippen molar-refractivity contribution in [2.75, 3.05) is 37.5 Å². The zero-order chi connectivity index (χ0) is 33.1. The number of methoxy groups -OCH3 is 1. The summed E-state index contributed by atoms with van der Waals surface area (Å²) in [4.78, 5) is 32.0. The molecular formula is C34H32F2N10O2. The highest BCUT2D eigenvalue weighted by molar-refractivity contribution is 5.96. The van der Waals surface area contributed by atoms with Crippen LogP contribution in [0.15, 0.2) is 61.1 Å².